The molecule has 1 fully saturated rings. The van der Waals surface area contributed by atoms with Crippen LogP contribution in [0.1, 0.15) is 35.1 Å². The summed E-state index contributed by atoms with van der Waals surface area (Å²) >= 11 is 0. The molecule has 156 valence electrons. The number of carbonyl (C=O) groups excluding carboxylic acids is 1. The molecule has 3 heterocycles. The zero-order valence-electron chi connectivity index (χ0n) is 17.2. The van der Waals surface area contributed by atoms with E-state index >= 15 is 0 Å². The van der Waals surface area contributed by atoms with Crippen molar-refractivity contribution in [1.82, 2.24) is 29.2 Å². The van der Waals surface area contributed by atoms with Gasteiger partial charge < -0.3 is 4.90 Å². The first-order valence-corrected chi connectivity index (χ1v) is 10.3. The zero-order chi connectivity index (χ0) is 21.4. The van der Waals surface area contributed by atoms with Gasteiger partial charge in [-0.05, 0) is 37.1 Å². The number of likely N-dealkylation sites (tertiary alicyclic amines) is 1. The van der Waals surface area contributed by atoms with Crippen molar-refractivity contribution in [2.45, 2.75) is 18.8 Å². The van der Waals surface area contributed by atoms with E-state index in [0.717, 1.165) is 24.0 Å². The summed E-state index contributed by atoms with van der Waals surface area (Å²) in [6.45, 7) is 1.13. The molecule has 0 radical (unpaired) electrons. The second kappa shape index (κ2) is 7.79. The minimum Gasteiger partial charge on any atom is -0.337 e. The van der Waals surface area contributed by atoms with Gasteiger partial charge in [-0.1, -0.05) is 30.3 Å². The molecule has 4 aromatic rings. The number of aryl methyl sites for hydroxylation is 1. The summed E-state index contributed by atoms with van der Waals surface area (Å²) in [6, 6.07) is 17.0. The minimum atomic E-state index is -0.190. The highest BCUT2D eigenvalue weighted by atomic mass is 16.2. The molecule has 0 spiro atoms. The molecule has 0 saturated carbocycles. The number of hydrogen-bond donors (Lipinski definition) is 0. The van der Waals surface area contributed by atoms with Gasteiger partial charge in [-0.25, -0.2) is 19.0 Å². The van der Waals surface area contributed by atoms with Gasteiger partial charge >= 0.3 is 5.69 Å². The fourth-order valence-corrected chi connectivity index (χ4v) is 4.16. The Bertz CT molecular complexity index is 1310. The van der Waals surface area contributed by atoms with E-state index in [1.807, 2.05) is 54.6 Å². The number of aromatic nitrogens is 5. The zero-order valence-corrected chi connectivity index (χ0v) is 17.2. The fourth-order valence-electron chi connectivity index (χ4n) is 4.16. The number of para-hydroxylation sites is 3. The molecule has 2 aromatic carbocycles. The SMILES string of the molecule is Cn1nc(C2CCCN(C(=O)c3cnc4ccccc4n3)C2)n(-c2ccccc2)c1=O. The Kier molecular flexibility index (Phi) is 4.82. The number of hydrogen-bond acceptors (Lipinski definition) is 5. The van der Waals surface area contributed by atoms with Crippen LogP contribution in [-0.2, 0) is 7.05 Å². The van der Waals surface area contributed by atoms with E-state index in [-0.39, 0.29) is 17.5 Å². The van der Waals surface area contributed by atoms with Gasteiger partial charge in [0.15, 0.2) is 0 Å². The Morgan fingerprint density at radius 2 is 1.77 bits per heavy atom. The number of amides is 1. The molecule has 0 N–H and O–H groups in total. The van der Waals surface area contributed by atoms with E-state index in [0.29, 0.717) is 30.1 Å². The van der Waals surface area contributed by atoms with Gasteiger partial charge in [-0.2, -0.15) is 5.10 Å². The highest BCUT2D eigenvalue weighted by Crippen LogP contribution is 2.27. The first kappa shape index (κ1) is 19.2. The summed E-state index contributed by atoms with van der Waals surface area (Å²) < 4.78 is 3.01. The maximum Gasteiger partial charge on any atom is 0.350 e. The lowest BCUT2D eigenvalue weighted by molar-refractivity contribution is 0.0698. The third kappa shape index (κ3) is 3.50. The Morgan fingerprint density at radius 3 is 2.58 bits per heavy atom. The molecule has 1 saturated heterocycles. The molecule has 2 aromatic heterocycles. The first-order valence-electron chi connectivity index (χ1n) is 10.3. The maximum absolute atomic E-state index is 13.2. The summed E-state index contributed by atoms with van der Waals surface area (Å²) in [4.78, 5) is 36.6. The first-order chi connectivity index (χ1) is 15.1. The third-order valence-corrected chi connectivity index (χ3v) is 5.71. The van der Waals surface area contributed by atoms with Crippen molar-refractivity contribution in [1.29, 1.82) is 0 Å². The average molecular weight is 414 g/mol. The van der Waals surface area contributed by atoms with Crippen LogP contribution in [0.2, 0.25) is 0 Å². The van der Waals surface area contributed by atoms with Crippen molar-refractivity contribution in [2.24, 2.45) is 7.05 Å². The molecule has 1 aliphatic rings. The Hall–Kier alpha value is -3.81. The van der Waals surface area contributed by atoms with Gasteiger partial charge in [0.05, 0.1) is 22.9 Å². The van der Waals surface area contributed by atoms with Crippen LogP contribution in [0.4, 0.5) is 0 Å². The standard InChI is InChI=1S/C23H22N6O2/c1-27-23(31)29(17-9-3-2-4-10-17)21(26-27)16-8-7-13-28(15-16)22(30)20-14-24-18-11-5-6-12-19(18)25-20/h2-6,9-12,14,16H,7-8,13,15H2,1H3. The molecule has 0 aliphatic carbocycles. The van der Waals surface area contributed by atoms with Crippen LogP contribution in [0, 0.1) is 0 Å². The largest absolute Gasteiger partial charge is 0.350 e. The monoisotopic (exact) mass is 414 g/mol. The molecule has 8 heteroatoms. The number of carbonyl (C=O) groups is 1. The van der Waals surface area contributed by atoms with Gasteiger partial charge in [0.1, 0.15) is 11.5 Å². The number of nitrogens with zero attached hydrogens (tertiary/aromatic N) is 6. The fraction of sp³-hybridized carbons (Fsp3) is 0.261. The van der Waals surface area contributed by atoms with Crippen molar-refractivity contribution in [3.05, 3.63) is 82.8 Å². The van der Waals surface area contributed by atoms with E-state index in [2.05, 4.69) is 15.1 Å². The average Bonchev–Trinajstić information content (AvgIpc) is 3.13. The quantitative estimate of drug-likeness (QED) is 0.514. The highest BCUT2D eigenvalue weighted by molar-refractivity contribution is 5.93. The van der Waals surface area contributed by atoms with Crippen molar-refractivity contribution in [3.8, 4) is 5.69 Å². The van der Waals surface area contributed by atoms with Gasteiger partial charge in [-0.15, -0.1) is 0 Å². The predicted molar refractivity (Wildman–Crippen MR) is 116 cm³/mol. The second-order valence-corrected chi connectivity index (χ2v) is 7.77. The smallest absolute Gasteiger partial charge is 0.337 e. The molecule has 5 rings (SSSR count). The van der Waals surface area contributed by atoms with Crippen LogP contribution in [0.3, 0.4) is 0 Å². The van der Waals surface area contributed by atoms with E-state index in [1.165, 1.54) is 10.9 Å². The summed E-state index contributed by atoms with van der Waals surface area (Å²) in [6.07, 6.45) is 3.22. The Balaban J connectivity index is 1.45. The topological polar surface area (TPSA) is 85.9 Å². The predicted octanol–water partition coefficient (Wildman–Crippen LogP) is 2.53. The van der Waals surface area contributed by atoms with E-state index < -0.39 is 0 Å². The van der Waals surface area contributed by atoms with Gasteiger partial charge in [0, 0.05) is 26.1 Å². The molecule has 1 unspecified atom stereocenters. The van der Waals surface area contributed by atoms with Crippen LogP contribution in [0.25, 0.3) is 16.7 Å². The summed E-state index contributed by atoms with van der Waals surface area (Å²) in [7, 11) is 1.65. The minimum absolute atomic E-state index is 0.0415. The number of rotatable bonds is 3. The summed E-state index contributed by atoms with van der Waals surface area (Å²) in [5, 5.41) is 4.52. The summed E-state index contributed by atoms with van der Waals surface area (Å²) in [5.41, 5.74) is 2.38. The third-order valence-electron chi connectivity index (χ3n) is 5.71. The maximum atomic E-state index is 13.2. The lowest BCUT2D eigenvalue weighted by Gasteiger charge is -2.32. The molecule has 31 heavy (non-hydrogen) atoms. The molecular formula is C23H22N6O2. The Morgan fingerprint density at radius 1 is 1.03 bits per heavy atom. The molecule has 0 bridgehead atoms. The summed E-state index contributed by atoms with van der Waals surface area (Å²) in [5.74, 6) is 0.494. The number of benzene rings is 2. The second-order valence-electron chi connectivity index (χ2n) is 7.77. The van der Waals surface area contributed by atoms with Crippen molar-refractivity contribution in [2.75, 3.05) is 13.1 Å². The van der Waals surface area contributed by atoms with Crippen molar-refractivity contribution < 1.29 is 4.79 Å². The lowest BCUT2D eigenvalue weighted by Crippen LogP contribution is -2.40. The highest BCUT2D eigenvalue weighted by Gasteiger charge is 2.30. The van der Waals surface area contributed by atoms with Crippen molar-refractivity contribution in [3.63, 3.8) is 0 Å². The van der Waals surface area contributed by atoms with Crippen LogP contribution in [-0.4, -0.2) is 48.2 Å². The molecular weight excluding hydrogens is 392 g/mol. The molecule has 1 aliphatic heterocycles. The molecule has 8 nitrogen and oxygen atoms in total. The number of piperidine rings is 1. The van der Waals surface area contributed by atoms with E-state index in [1.54, 1.807) is 16.5 Å². The van der Waals surface area contributed by atoms with Crippen LogP contribution in [0.5, 0.6) is 0 Å². The van der Waals surface area contributed by atoms with Gasteiger partial charge in [0.2, 0.25) is 0 Å². The van der Waals surface area contributed by atoms with E-state index in [9.17, 15) is 9.59 Å². The van der Waals surface area contributed by atoms with Crippen LogP contribution < -0.4 is 5.69 Å². The van der Waals surface area contributed by atoms with Crippen LogP contribution in [0.15, 0.2) is 65.6 Å². The van der Waals surface area contributed by atoms with Gasteiger partial charge in [0.25, 0.3) is 5.91 Å². The normalized spacial score (nSPS) is 16.5. The number of fused-ring (bicyclic) bond motifs is 1. The molecule has 1 atom stereocenters. The van der Waals surface area contributed by atoms with E-state index in [4.69, 9.17) is 0 Å². The Labute approximate surface area is 178 Å². The molecule has 1 amide bonds. The lowest BCUT2D eigenvalue weighted by atomic mass is 9.96. The van der Waals surface area contributed by atoms with Crippen molar-refractivity contribution >= 4 is 16.9 Å². The van der Waals surface area contributed by atoms with Crippen LogP contribution >= 0.6 is 0 Å². The van der Waals surface area contributed by atoms with Gasteiger partial charge in [-0.3, -0.25) is 9.78 Å².